The highest BCUT2D eigenvalue weighted by Gasteiger charge is 2.06. The van der Waals surface area contributed by atoms with Gasteiger partial charge in [0.1, 0.15) is 0 Å². The van der Waals surface area contributed by atoms with Gasteiger partial charge in [-0.05, 0) is 18.6 Å². The Hall–Kier alpha value is 0.310. The van der Waals surface area contributed by atoms with Crippen LogP contribution < -0.4 is 5.73 Å². The highest BCUT2D eigenvalue weighted by atomic mass is 32.2. The van der Waals surface area contributed by atoms with Gasteiger partial charge in [-0.2, -0.15) is 11.8 Å². The minimum Gasteiger partial charge on any atom is -0.328 e. The molecule has 0 saturated heterocycles. The zero-order valence-corrected chi connectivity index (χ0v) is 8.24. The van der Waals surface area contributed by atoms with Gasteiger partial charge in [0.15, 0.2) is 0 Å². The van der Waals surface area contributed by atoms with Crippen LogP contribution in [0.3, 0.4) is 0 Å². The number of rotatable bonds is 4. The summed E-state index contributed by atoms with van der Waals surface area (Å²) in [6, 6.07) is 0.348. The Bertz CT molecular complexity index is 71.3. The van der Waals surface area contributed by atoms with Crippen molar-refractivity contribution < 1.29 is 0 Å². The number of hydrogen-bond acceptors (Lipinski definition) is 2. The van der Waals surface area contributed by atoms with Gasteiger partial charge in [0.05, 0.1) is 0 Å². The normalized spacial score (nSPS) is 17.4. The van der Waals surface area contributed by atoms with Crippen LogP contribution in [0.15, 0.2) is 0 Å². The van der Waals surface area contributed by atoms with Crippen molar-refractivity contribution in [3.05, 3.63) is 0 Å². The van der Waals surface area contributed by atoms with Crippen LogP contribution in [0.1, 0.15) is 34.1 Å². The first-order valence-electron chi connectivity index (χ1n) is 3.93. The monoisotopic (exact) mass is 161 g/mol. The second-order valence-electron chi connectivity index (χ2n) is 3.21. The van der Waals surface area contributed by atoms with Gasteiger partial charge in [-0.25, -0.2) is 0 Å². The van der Waals surface area contributed by atoms with Crippen LogP contribution in [-0.4, -0.2) is 16.5 Å². The van der Waals surface area contributed by atoms with E-state index in [-0.39, 0.29) is 0 Å². The fourth-order valence-electron chi connectivity index (χ4n) is 1.04. The lowest BCUT2D eigenvalue weighted by molar-refractivity contribution is 0.662. The number of thioether (sulfide) groups is 1. The molecule has 0 aliphatic rings. The van der Waals surface area contributed by atoms with E-state index in [9.17, 15) is 0 Å². The molecule has 0 saturated carbocycles. The molecule has 2 N–H and O–H groups in total. The Kier molecular flexibility index (Phi) is 5.18. The summed E-state index contributed by atoms with van der Waals surface area (Å²) in [7, 11) is 0. The molecule has 0 amide bonds. The average Bonchev–Trinajstić information content (AvgIpc) is 1.58. The average molecular weight is 161 g/mol. The molecule has 0 aromatic heterocycles. The highest BCUT2D eigenvalue weighted by Crippen LogP contribution is 2.19. The van der Waals surface area contributed by atoms with Crippen LogP contribution in [0.25, 0.3) is 0 Å². The lowest BCUT2D eigenvalue weighted by atomic mass is 10.2. The highest BCUT2D eigenvalue weighted by molar-refractivity contribution is 8.00. The first-order chi connectivity index (χ1) is 4.52. The summed E-state index contributed by atoms with van der Waals surface area (Å²) in [6.07, 6.45) is 1.13. The first-order valence-corrected chi connectivity index (χ1v) is 4.87. The second kappa shape index (κ2) is 5.03. The van der Waals surface area contributed by atoms with Crippen LogP contribution in [0.2, 0.25) is 0 Å². The largest absolute Gasteiger partial charge is 0.328 e. The van der Waals surface area contributed by atoms with Crippen LogP contribution in [0, 0.1) is 0 Å². The van der Waals surface area contributed by atoms with E-state index in [4.69, 9.17) is 5.73 Å². The third-order valence-electron chi connectivity index (χ3n) is 1.21. The molecule has 0 aromatic carbocycles. The smallest absolute Gasteiger partial charge is 0.00359 e. The molecule has 0 aliphatic heterocycles. The fraction of sp³-hybridized carbons (Fsp3) is 1.00. The molecular weight excluding hydrogens is 142 g/mol. The maximum atomic E-state index is 5.66. The Labute approximate surface area is 68.8 Å². The molecule has 0 spiro atoms. The quantitative estimate of drug-likeness (QED) is 0.684. The van der Waals surface area contributed by atoms with E-state index in [0.717, 1.165) is 11.7 Å². The Morgan fingerprint density at radius 1 is 1.20 bits per heavy atom. The third kappa shape index (κ3) is 6.43. The van der Waals surface area contributed by atoms with Crippen LogP contribution >= 0.6 is 11.8 Å². The zero-order chi connectivity index (χ0) is 8.15. The van der Waals surface area contributed by atoms with Crippen molar-refractivity contribution in [2.24, 2.45) is 5.73 Å². The van der Waals surface area contributed by atoms with E-state index >= 15 is 0 Å². The predicted octanol–water partition coefficient (Wildman–Crippen LogP) is 2.25. The van der Waals surface area contributed by atoms with Crippen LogP contribution in [0.5, 0.6) is 0 Å². The Balaban J connectivity index is 3.34. The molecule has 10 heavy (non-hydrogen) atoms. The fourth-order valence-corrected chi connectivity index (χ4v) is 2.39. The van der Waals surface area contributed by atoms with Crippen molar-refractivity contribution in [3.8, 4) is 0 Å². The molecule has 0 aromatic rings. The van der Waals surface area contributed by atoms with Gasteiger partial charge in [-0.3, -0.25) is 0 Å². The minimum absolute atomic E-state index is 0.348. The molecule has 0 aliphatic carbocycles. The molecule has 0 radical (unpaired) electrons. The summed E-state index contributed by atoms with van der Waals surface area (Å²) in [5.74, 6) is 0. The summed E-state index contributed by atoms with van der Waals surface area (Å²) in [4.78, 5) is 0. The van der Waals surface area contributed by atoms with Crippen molar-refractivity contribution in [2.45, 2.75) is 50.7 Å². The van der Waals surface area contributed by atoms with E-state index in [1.165, 1.54) is 0 Å². The van der Waals surface area contributed by atoms with Gasteiger partial charge in [0, 0.05) is 11.3 Å². The van der Waals surface area contributed by atoms with Crippen LogP contribution in [-0.2, 0) is 0 Å². The minimum atomic E-state index is 0.348. The lowest BCUT2D eigenvalue weighted by Gasteiger charge is -2.15. The summed E-state index contributed by atoms with van der Waals surface area (Å²) in [5, 5.41) is 1.44. The standard InChI is InChI=1S/C8H19NS/c1-6(2)10-8(4)5-7(3)9/h6-8H,5,9H2,1-4H3. The van der Waals surface area contributed by atoms with Crippen molar-refractivity contribution in [3.63, 3.8) is 0 Å². The molecule has 1 nitrogen and oxygen atoms in total. The third-order valence-corrected chi connectivity index (χ3v) is 2.41. The van der Waals surface area contributed by atoms with E-state index in [1.54, 1.807) is 0 Å². The van der Waals surface area contributed by atoms with Crippen LogP contribution in [0.4, 0.5) is 0 Å². The van der Waals surface area contributed by atoms with Crippen molar-refractivity contribution in [1.29, 1.82) is 0 Å². The van der Waals surface area contributed by atoms with E-state index < -0.39 is 0 Å². The van der Waals surface area contributed by atoms with Gasteiger partial charge in [0.2, 0.25) is 0 Å². The lowest BCUT2D eigenvalue weighted by Crippen LogP contribution is -2.20. The molecule has 2 unspecified atom stereocenters. The van der Waals surface area contributed by atoms with Gasteiger partial charge in [-0.15, -0.1) is 0 Å². The van der Waals surface area contributed by atoms with E-state index in [0.29, 0.717) is 11.3 Å². The SMILES string of the molecule is CC(N)CC(C)SC(C)C. The van der Waals surface area contributed by atoms with Gasteiger partial charge < -0.3 is 5.73 Å². The molecule has 2 atom stereocenters. The van der Waals surface area contributed by atoms with Crippen molar-refractivity contribution in [1.82, 2.24) is 0 Å². The molecule has 2 heteroatoms. The van der Waals surface area contributed by atoms with E-state index in [1.807, 2.05) is 11.8 Å². The number of nitrogens with two attached hydrogens (primary N) is 1. The van der Waals surface area contributed by atoms with Gasteiger partial charge in [-0.1, -0.05) is 20.8 Å². The Morgan fingerprint density at radius 2 is 1.70 bits per heavy atom. The summed E-state index contributed by atoms with van der Waals surface area (Å²) in [6.45, 7) is 8.76. The van der Waals surface area contributed by atoms with E-state index in [2.05, 4.69) is 27.7 Å². The second-order valence-corrected chi connectivity index (χ2v) is 5.23. The maximum Gasteiger partial charge on any atom is 0.00359 e. The van der Waals surface area contributed by atoms with Crippen molar-refractivity contribution in [2.75, 3.05) is 0 Å². The summed E-state index contributed by atoms with van der Waals surface area (Å²) < 4.78 is 0. The molecule has 62 valence electrons. The zero-order valence-electron chi connectivity index (χ0n) is 7.42. The molecule has 0 bridgehead atoms. The predicted molar refractivity (Wildman–Crippen MR) is 50.5 cm³/mol. The Morgan fingerprint density at radius 3 is 2.00 bits per heavy atom. The topological polar surface area (TPSA) is 26.0 Å². The van der Waals surface area contributed by atoms with Crippen molar-refractivity contribution >= 4 is 11.8 Å². The molecule has 0 rings (SSSR count). The molecule has 0 heterocycles. The van der Waals surface area contributed by atoms with Gasteiger partial charge >= 0.3 is 0 Å². The first kappa shape index (κ1) is 10.3. The molecular formula is C8H19NS. The van der Waals surface area contributed by atoms with Gasteiger partial charge in [0.25, 0.3) is 0 Å². The summed E-state index contributed by atoms with van der Waals surface area (Å²) >= 11 is 2.00. The maximum absolute atomic E-state index is 5.66. The summed E-state index contributed by atoms with van der Waals surface area (Å²) in [5.41, 5.74) is 5.66. The molecule has 0 fully saturated rings. The number of hydrogen-bond donors (Lipinski definition) is 1.